The van der Waals surface area contributed by atoms with Crippen molar-refractivity contribution in [3.8, 4) is 5.75 Å². The lowest BCUT2D eigenvalue weighted by molar-refractivity contribution is 0.304. The number of hydrogen-bond acceptors (Lipinski definition) is 1. The third-order valence-corrected chi connectivity index (χ3v) is 8.01. The van der Waals surface area contributed by atoms with Gasteiger partial charge in [0.05, 0.1) is 17.5 Å². The minimum absolute atomic E-state index is 0.0938. The average Bonchev–Trinajstić information content (AvgIpc) is 2.85. The van der Waals surface area contributed by atoms with Crippen molar-refractivity contribution in [2.24, 2.45) is 0 Å². The van der Waals surface area contributed by atoms with Crippen molar-refractivity contribution in [1.29, 1.82) is 0 Å². The molecule has 0 aliphatic carbocycles. The maximum atomic E-state index is 6.03. The SMILES string of the molecule is CCCCCCCCCCCCOc1ccc([S+](c2ccccc2)c2ccccc2)cc1. The lowest BCUT2D eigenvalue weighted by atomic mass is 10.1. The van der Waals surface area contributed by atoms with E-state index in [9.17, 15) is 0 Å². The Morgan fingerprint density at radius 2 is 0.938 bits per heavy atom. The third kappa shape index (κ3) is 8.39. The van der Waals surface area contributed by atoms with Gasteiger partial charge in [0, 0.05) is 0 Å². The zero-order chi connectivity index (χ0) is 22.3. The van der Waals surface area contributed by atoms with Crippen LogP contribution in [0.1, 0.15) is 71.1 Å². The highest BCUT2D eigenvalue weighted by Crippen LogP contribution is 2.31. The monoisotopic (exact) mass is 447 g/mol. The molecular weight excluding hydrogens is 408 g/mol. The maximum Gasteiger partial charge on any atom is 0.166 e. The second kappa shape index (κ2) is 14.8. The number of rotatable bonds is 15. The van der Waals surface area contributed by atoms with Gasteiger partial charge in [-0.05, 0) is 55.0 Å². The molecule has 3 rings (SSSR count). The standard InChI is InChI=1S/C30H39OS/c1-2-3-4-5-6-7-8-9-10-17-26-31-27-22-24-30(25-23-27)32(28-18-13-11-14-19-28)29-20-15-12-16-21-29/h11-16,18-25H,2-10,17,26H2,1H3/q+1. The highest BCUT2D eigenvalue weighted by molar-refractivity contribution is 7.97. The van der Waals surface area contributed by atoms with Gasteiger partial charge in [0.1, 0.15) is 5.75 Å². The first-order chi connectivity index (χ1) is 15.9. The third-order valence-electron chi connectivity index (χ3n) is 5.78. The molecule has 0 saturated heterocycles. The van der Waals surface area contributed by atoms with E-state index in [0.717, 1.165) is 18.8 Å². The van der Waals surface area contributed by atoms with Crippen LogP contribution in [0.2, 0.25) is 0 Å². The van der Waals surface area contributed by atoms with Crippen LogP contribution in [0.25, 0.3) is 0 Å². The average molecular weight is 448 g/mol. The van der Waals surface area contributed by atoms with Crippen molar-refractivity contribution in [1.82, 2.24) is 0 Å². The molecule has 0 unspecified atom stereocenters. The normalized spacial score (nSPS) is 11.1. The molecule has 0 spiro atoms. The summed E-state index contributed by atoms with van der Waals surface area (Å²) in [6.45, 7) is 3.10. The van der Waals surface area contributed by atoms with Gasteiger partial charge in [0.2, 0.25) is 0 Å². The topological polar surface area (TPSA) is 9.23 Å². The molecule has 3 aromatic rings. The van der Waals surface area contributed by atoms with Gasteiger partial charge in [-0.25, -0.2) is 0 Å². The van der Waals surface area contributed by atoms with Gasteiger partial charge in [0.15, 0.2) is 14.7 Å². The van der Waals surface area contributed by atoms with E-state index in [1.54, 1.807) is 0 Å². The molecule has 0 N–H and O–H groups in total. The Balaban J connectivity index is 1.43. The molecule has 170 valence electrons. The first-order valence-electron chi connectivity index (χ1n) is 12.5. The van der Waals surface area contributed by atoms with E-state index in [-0.39, 0.29) is 10.9 Å². The van der Waals surface area contributed by atoms with E-state index in [1.165, 1.54) is 72.5 Å². The summed E-state index contributed by atoms with van der Waals surface area (Å²) in [5.74, 6) is 0.981. The van der Waals surface area contributed by atoms with Crippen LogP contribution in [0.4, 0.5) is 0 Å². The Kier molecular flexibility index (Phi) is 11.3. The molecular formula is C30H39OS+. The predicted octanol–water partition coefficient (Wildman–Crippen LogP) is 9.08. The Labute approximate surface area is 198 Å². The predicted molar refractivity (Wildman–Crippen MR) is 139 cm³/mol. The fourth-order valence-electron chi connectivity index (χ4n) is 3.97. The van der Waals surface area contributed by atoms with Crippen molar-refractivity contribution in [2.45, 2.75) is 85.8 Å². The summed E-state index contributed by atoms with van der Waals surface area (Å²) >= 11 is 0. The molecule has 0 aromatic heterocycles. The Bertz CT molecular complexity index is 806. The fraction of sp³-hybridized carbons (Fsp3) is 0.400. The number of benzene rings is 3. The van der Waals surface area contributed by atoms with Gasteiger partial charge in [-0.2, -0.15) is 0 Å². The summed E-state index contributed by atoms with van der Waals surface area (Å²) in [4.78, 5) is 4.02. The molecule has 0 saturated carbocycles. The van der Waals surface area contributed by atoms with Crippen molar-refractivity contribution < 1.29 is 4.74 Å². The zero-order valence-electron chi connectivity index (χ0n) is 19.7. The van der Waals surface area contributed by atoms with E-state index in [2.05, 4.69) is 91.9 Å². The van der Waals surface area contributed by atoms with Crippen LogP contribution in [0.3, 0.4) is 0 Å². The number of hydrogen-bond donors (Lipinski definition) is 0. The quantitative estimate of drug-likeness (QED) is 0.167. The Hall–Kier alpha value is -2.19. The van der Waals surface area contributed by atoms with Crippen molar-refractivity contribution in [3.63, 3.8) is 0 Å². The second-order valence-electron chi connectivity index (χ2n) is 8.43. The van der Waals surface area contributed by atoms with Crippen molar-refractivity contribution in [2.75, 3.05) is 6.61 Å². The molecule has 0 aliphatic heterocycles. The largest absolute Gasteiger partial charge is 0.494 e. The van der Waals surface area contributed by atoms with Gasteiger partial charge >= 0.3 is 0 Å². The summed E-state index contributed by atoms with van der Waals surface area (Å²) in [6, 6.07) is 30.3. The molecule has 0 aliphatic rings. The van der Waals surface area contributed by atoms with Crippen LogP contribution >= 0.6 is 0 Å². The van der Waals surface area contributed by atoms with Gasteiger partial charge in [-0.1, -0.05) is 101 Å². The smallest absolute Gasteiger partial charge is 0.166 e. The lowest BCUT2D eigenvalue weighted by Gasteiger charge is -2.10. The minimum atomic E-state index is -0.0938. The van der Waals surface area contributed by atoms with Crippen LogP contribution in [0.5, 0.6) is 5.75 Å². The van der Waals surface area contributed by atoms with Gasteiger partial charge < -0.3 is 4.74 Å². The highest BCUT2D eigenvalue weighted by atomic mass is 32.2. The molecule has 0 heterocycles. The van der Waals surface area contributed by atoms with Crippen molar-refractivity contribution in [3.05, 3.63) is 84.9 Å². The molecule has 3 aromatic carbocycles. The summed E-state index contributed by atoms with van der Waals surface area (Å²) in [7, 11) is -0.0938. The first-order valence-corrected chi connectivity index (χ1v) is 13.7. The molecule has 32 heavy (non-hydrogen) atoms. The molecule has 0 atom stereocenters. The van der Waals surface area contributed by atoms with E-state index in [4.69, 9.17) is 4.74 Å². The van der Waals surface area contributed by atoms with Crippen LogP contribution < -0.4 is 4.74 Å². The Morgan fingerprint density at radius 3 is 1.44 bits per heavy atom. The molecule has 1 nitrogen and oxygen atoms in total. The second-order valence-corrected chi connectivity index (χ2v) is 10.5. The molecule has 0 fully saturated rings. The zero-order valence-corrected chi connectivity index (χ0v) is 20.5. The Morgan fingerprint density at radius 1 is 0.500 bits per heavy atom. The van der Waals surface area contributed by atoms with Gasteiger partial charge in [0.25, 0.3) is 0 Å². The van der Waals surface area contributed by atoms with E-state index >= 15 is 0 Å². The molecule has 0 radical (unpaired) electrons. The van der Waals surface area contributed by atoms with Gasteiger partial charge in [-0.15, -0.1) is 0 Å². The van der Waals surface area contributed by atoms with Crippen LogP contribution in [0, 0.1) is 0 Å². The molecule has 2 heteroatoms. The lowest BCUT2D eigenvalue weighted by Crippen LogP contribution is -2.04. The maximum absolute atomic E-state index is 6.03. The summed E-state index contributed by atoms with van der Waals surface area (Å²) < 4.78 is 6.03. The summed E-state index contributed by atoms with van der Waals surface area (Å²) in [5.41, 5.74) is 0. The van der Waals surface area contributed by atoms with Crippen LogP contribution in [-0.2, 0) is 10.9 Å². The highest BCUT2D eigenvalue weighted by Gasteiger charge is 2.28. The first kappa shape index (κ1) is 24.5. The number of unbranched alkanes of at least 4 members (excludes halogenated alkanes) is 9. The number of ether oxygens (including phenoxy) is 1. The minimum Gasteiger partial charge on any atom is -0.494 e. The van der Waals surface area contributed by atoms with Crippen molar-refractivity contribution >= 4 is 10.9 Å². The van der Waals surface area contributed by atoms with E-state index in [1.807, 2.05) is 0 Å². The fourth-order valence-corrected chi connectivity index (χ4v) is 6.06. The van der Waals surface area contributed by atoms with E-state index < -0.39 is 0 Å². The summed E-state index contributed by atoms with van der Waals surface area (Å²) in [5, 5.41) is 0. The van der Waals surface area contributed by atoms with Crippen LogP contribution in [-0.4, -0.2) is 6.61 Å². The molecule has 0 bridgehead atoms. The van der Waals surface area contributed by atoms with E-state index in [0.29, 0.717) is 0 Å². The molecule has 0 amide bonds. The summed E-state index contributed by atoms with van der Waals surface area (Å²) in [6.07, 6.45) is 13.5. The van der Waals surface area contributed by atoms with Gasteiger partial charge in [-0.3, -0.25) is 0 Å². The van der Waals surface area contributed by atoms with Crippen LogP contribution in [0.15, 0.2) is 99.6 Å².